The van der Waals surface area contributed by atoms with Crippen LogP contribution in [0.15, 0.2) is 24.3 Å². The second kappa shape index (κ2) is 7.33. The van der Waals surface area contributed by atoms with E-state index in [-0.39, 0.29) is 11.8 Å². The second-order valence-corrected chi connectivity index (χ2v) is 5.55. The summed E-state index contributed by atoms with van der Waals surface area (Å²) in [6, 6.07) is 7.53. The van der Waals surface area contributed by atoms with Crippen LogP contribution < -0.4 is 10.5 Å². The largest absolute Gasteiger partial charge is 0.492 e. The van der Waals surface area contributed by atoms with Gasteiger partial charge in [-0.15, -0.1) is 0 Å². The van der Waals surface area contributed by atoms with E-state index in [1.54, 1.807) is 0 Å². The van der Waals surface area contributed by atoms with E-state index in [0.29, 0.717) is 13.2 Å². The van der Waals surface area contributed by atoms with E-state index in [0.717, 1.165) is 11.3 Å². The molecule has 0 amide bonds. The maximum atomic E-state index is 10.6. The average molecular weight is 275 g/mol. The third-order valence-electron chi connectivity index (χ3n) is 3.39. The highest BCUT2D eigenvalue weighted by atomic mass is 16.5. The molecular weight excluding hydrogens is 250 g/mol. The van der Waals surface area contributed by atoms with E-state index in [4.69, 9.17) is 10.5 Å². The minimum Gasteiger partial charge on any atom is -0.492 e. The summed E-state index contributed by atoms with van der Waals surface area (Å²) in [6.07, 6.45) is 0. The predicted molar refractivity (Wildman–Crippen MR) is 82.5 cm³/mol. The van der Waals surface area contributed by atoms with Gasteiger partial charge in [0.25, 0.3) is 0 Å². The molecule has 0 unspecified atom stereocenters. The molecule has 0 bridgehead atoms. The Kier molecular flexibility index (Phi) is 6.06. The van der Waals surface area contributed by atoms with Crippen molar-refractivity contribution in [3.63, 3.8) is 0 Å². The molecule has 3 heteroatoms. The van der Waals surface area contributed by atoms with Gasteiger partial charge < -0.3 is 15.6 Å². The zero-order chi connectivity index (χ0) is 15.2. The minimum atomic E-state index is -0.978. The minimum absolute atomic E-state index is 0.0756. The molecule has 0 heterocycles. The van der Waals surface area contributed by atoms with Crippen LogP contribution in [-0.2, 0) is 0 Å². The van der Waals surface area contributed by atoms with Crippen LogP contribution in [0.1, 0.15) is 33.3 Å². The average Bonchev–Trinajstić information content (AvgIpc) is 2.42. The van der Waals surface area contributed by atoms with Crippen molar-refractivity contribution in [2.24, 2.45) is 17.6 Å². The van der Waals surface area contributed by atoms with Crippen LogP contribution in [0.3, 0.4) is 0 Å². The highest BCUT2D eigenvalue weighted by Crippen LogP contribution is 2.25. The van der Waals surface area contributed by atoms with Gasteiger partial charge in [0, 0.05) is 12.1 Å². The van der Waals surface area contributed by atoms with E-state index < -0.39 is 5.60 Å². The van der Waals surface area contributed by atoms with E-state index in [9.17, 15) is 5.11 Å². The van der Waals surface area contributed by atoms with Gasteiger partial charge in [0.15, 0.2) is 0 Å². The molecule has 1 aromatic rings. The van der Waals surface area contributed by atoms with Crippen LogP contribution in [-0.4, -0.2) is 23.9 Å². The fourth-order valence-corrected chi connectivity index (χ4v) is 1.97. The lowest BCUT2D eigenvalue weighted by Gasteiger charge is -2.30. The summed E-state index contributed by atoms with van der Waals surface area (Å²) in [4.78, 5) is 0. The standard InChI is InChI=1S/C17H25NO2/c1-13(2)17(19,14(3)4)9-8-15-6-5-7-16(12-15)20-11-10-18/h5-7,12-14,19H,10-11,18H2,1-4H3. The number of nitrogens with two attached hydrogens (primary N) is 1. The van der Waals surface area contributed by atoms with Crippen LogP contribution in [0.2, 0.25) is 0 Å². The Bertz CT molecular complexity index is 475. The SMILES string of the molecule is CC(C)C(O)(C#Cc1cccc(OCCN)c1)C(C)C. The first-order chi connectivity index (χ1) is 9.40. The van der Waals surface area contributed by atoms with Crippen molar-refractivity contribution in [1.82, 2.24) is 0 Å². The number of benzene rings is 1. The third-order valence-corrected chi connectivity index (χ3v) is 3.39. The molecule has 1 rings (SSSR count). The Hall–Kier alpha value is -1.50. The zero-order valence-corrected chi connectivity index (χ0v) is 12.8. The molecule has 0 radical (unpaired) electrons. The lowest BCUT2D eigenvalue weighted by Crippen LogP contribution is -2.39. The van der Waals surface area contributed by atoms with Crippen molar-refractivity contribution < 1.29 is 9.84 Å². The number of hydrogen-bond donors (Lipinski definition) is 2. The van der Waals surface area contributed by atoms with Crippen LogP contribution >= 0.6 is 0 Å². The van der Waals surface area contributed by atoms with Gasteiger partial charge in [-0.1, -0.05) is 45.6 Å². The molecule has 1 aromatic carbocycles. The first kappa shape index (κ1) is 16.6. The number of hydrogen-bond acceptors (Lipinski definition) is 3. The topological polar surface area (TPSA) is 55.5 Å². The molecule has 0 aliphatic heterocycles. The van der Waals surface area contributed by atoms with Crippen molar-refractivity contribution in [1.29, 1.82) is 0 Å². The Labute approximate surface area is 122 Å². The zero-order valence-electron chi connectivity index (χ0n) is 12.8. The summed E-state index contributed by atoms with van der Waals surface area (Å²) < 4.78 is 5.47. The molecule has 0 fully saturated rings. The highest BCUT2D eigenvalue weighted by molar-refractivity contribution is 5.41. The normalized spacial score (nSPS) is 11.4. The van der Waals surface area contributed by atoms with Gasteiger partial charge in [0.05, 0.1) is 0 Å². The second-order valence-electron chi connectivity index (χ2n) is 5.55. The summed E-state index contributed by atoms with van der Waals surface area (Å²) in [6.45, 7) is 8.89. The molecule has 0 atom stereocenters. The van der Waals surface area contributed by atoms with Crippen LogP contribution in [0.4, 0.5) is 0 Å². The molecule has 0 saturated carbocycles. The molecule has 0 spiro atoms. The van der Waals surface area contributed by atoms with E-state index >= 15 is 0 Å². The lowest BCUT2D eigenvalue weighted by molar-refractivity contribution is 0.00931. The van der Waals surface area contributed by atoms with Crippen molar-refractivity contribution in [3.05, 3.63) is 29.8 Å². The van der Waals surface area contributed by atoms with Gasteiger partial charge in [-0.3, -0.25) is 0 Å². The summed E-state index contributed by atoms with van der Waals surface area (Å²) in [5.41, 5.74) is 5.27. The van der Waals surface area contributed by atoms with Crippen molar-refractivity contribution in [2.45, 2.75) is 33.3 Å². The summed E-state index contributed by atoms with van der Waals surface area (Å²) in [5, 5.41) is 10.6. The van der Waals surface area contributed by atoms with Gasteiger partial charge in [-0.2, -0.15) is 0 Å². The van der Waals surface area contributed by atoms with E-state index in [2.05, 4.69) is 11.8 Å². The molecule has 20 heavy (non-hydrogen) atoms. The van der Waals surface area contributed by atoms with Gasteiger partial charge in [-0.05, 0) is 30.0 Å². The summed E-state index contributed by atoms with van der Waals surface area (Å²) >= 11 is 0. The number of ether oxygens (including phenoxy) is 1. The highest BCUT2D eigenvalue weighted by Gasteiger charge is 2.32. The van der Waals surface area contributed by atoms with Crippen LogP contribution in [0.25, 0.3) is 0 Å². The molecule has 3 N–H and O–H groups in total. The molecule has 0 aliphatic carbocycles. The molecular formula is C17H25NO2. The molecule has 0 aliphatic rings. The van der Waals surface area contributed by atoms with Crippen LogP contribution in [0, 0.1) is 23.7 Å². The first-order valence-corrected chi connectivity index (χ1v) is 7.08. The third kappa shape index (κ3) is 4.26. The Morgan fingerprint density at radius 1 is 1.25 bits per heavy atom. The number of aliphatic hydroxyl groups is 1. The Balaban J connectivity index is 2.95. The van der Waals surface area contributed by atoms with Crippen molar-refractivity contribution >= 4 is 0 Å². The smallest absolute Gasteiger partial charge is 0.130 e. The van der Waals surface area contributed by atoms with Gasteiger partial charge in [0.1, 0.15) is 18.0 Å². The fraction of sp³-hybridized carbons (Fsp3) is 0.529. The van der Waals surface area contributed by atoms with Crippen LogP contribution in [0.5, 0.6) is 5.75 Å². The fourth-order valence-electron chi connectivity index (χ4n) is 1.97. The van der Waals surface area contributed by atoms with Crippen molar-refractivity contribution in [2.75, 3.05) is 13.2 Å². The quantitative estimate of drug-likeness (QED) is 0.811. The van der Waals surface area contributed by atoms with Gasteiger partial charge >= 0.3 is 0 Å². The molecule has 110 valence electrons. The van der Waals surface area contributed by atoms with Gasteiger partial charge in [-0.25, -0.2) is 0 Å². The molecule has 0 aromatic heterocycles. The summed E-state index contributed by atoms with van der Waals surface area (Å²) in [7, 11) is 0. The maximum absolute atomic E-state index is 10.6. The maximum Gasteiger partial charge on any atom is 0.130 e. The van der Waals surface area contributed by atoms with Gasteiger partial charge in [0.2, 0.25) is 0 Å². The number of rotatable bonds is 5. The Morgan fingerprint density at radius 3 is 2.45 bits per heavy atom. The molecule has 0 saturated heterocycles. The lowest BCUT2D eigenvalue weighted by atomic mass is 9.81. The Morgan fingerprint density at radius 2 is 1.90 bits per heavy atom. The van der Waals surface area contributed by atoms with Crippen molar-refractivity contribution in [3.8, 4) is 17.6 Å². The summed E-state index contributed by atoms with van der Waals surface area (Å²) in [5.74, 6) is 6.97. The monoisotopic (exact) mass is 275 g/mol. The van der Waals surface area contributed by atoms with E-state index in [1.165, 1.54) is 0 Å². The first-order valence-electron chi connectivity index (χ1n) is 7.08. The predicted octanol–water partition coefficient (Wildman–Crippen LogP) is 2.42. The van der Waals surface area contributed by atoms with E-state index in [1.807, 2.05) is 52.0 Å². The molecule has 3 nitrogen and oxygen atoms in total.